The molecule has 0 spiro atoms. The van der Waals surface area contributed by atoms with Crippen molar-refractivity contribution in [2.75, 3.05) is 18.5 Å². The topological polar surface area (TPSA) is 57.9 Å². The number of hydrogen-bond acceptors (Lipinski definition) is 4. The molecule has 1 N–H and O–H groups in total. The first-order valence-electron chi connectivity index (χ1n) is 5.10. The highest BCUT2D eigenvalue weighted by Gasteiger charge is 2.14. The molecular weight excluding hydrogens is 190 g/mol. The van der Waals surface area contributed by atoms with Gasteiger partial charge in [-0.05, 0) is 25.0 Å². The van der Waals surface area contributed by atoms with E-state index >= 15 is 0 Å². The van der Waals surface area contributed by atoms with E-state index in [0.29, 0.717) is 11.7 Å². The zero-order chi connectivity index (χ0) is 10.5. The van der Waals surface area contributed by atoms with Crippen LogP contribution in [0.3, 0.4) is 0 Å². The molecule has 0 amide bonds. The van der Waals surface area contributed by atoms with E-state index in [1.54, 1.807) is 12.3 Å². The van der Waals surface area contributed by atoms with E-state index in [9.17, 15) is 0 Å². The Balaban J connectivity index is 1.85. The van der Waals surface area contributed by atoms with Gasteiger partial charge in [0.15, 0.2) is 0 Å². The van der Waals surface area contributed by atoms with Crippen molar-refractivity contribution in [2.45, 2.75) is 18.9 Å². The fourth-order valence-corrected chi connectivity index (χ4v) is 1.59. The van der Waals surface area contributed by atoms with Crippen molar-refractivity contribution in [1.29, 1.82) is 5.26 Å². The molecular formula is C11H13N3O. The Bertz CT molecular complexity index is 349. The van der Waals surface area contributed by atoms with Gasteiger partial charge < -0.3 is 10.1 Å². The summed E-state index contributed by atoms with van der Waals surface area (Å²) < 4.78 is 5.48. The van der Waals surface area contributed by atoms with Gasteiger partial charge in [-0.2, -0.15) is 5.26 Å². The van der Waals surface area contributed by atoms with Crippen LogP contribution < -0.4 is 5.32 Å². The highest BCUT2D eigenvalue weighted by Crippen LogP contribution is 2.12. The van der Waals surface area contributed by atoms with Crippen molar-refractivity contribution in [3.05, 3.63) is 23.9 Å². The Morgan fingerprint density at radius 3 is 3.13 bits per heavy atom. The second kappa shape index (κ2) is 4.76. The third kappa shape index (κ3) is 2.67. The third-order valence-electron chi connectivity index (χ3n) is 2.43. The lowest BCUT2D eigenvalue weighted by atomic mass is 10.2. The summed E-state index contributed by atoms with van der Waals surface area (Å²) in [6, 6.07) is 5.60. The molecule has 2 heterocycles. The van der Waals surface area contributed by atoms with E-state index in [4.69, 9.17) is 10.00 Å². The molecule has 0 radical (unpaired) electrons. The van der Waals surface area contributed by atoms with E-state index in [-0.39, 0.29) is 0 Å². The Morgan fingerprint density at radius 1 is 1.60 bits per heavy atom. The van der Waals surface area contributed by atoms with Crippen molar-refractivity contribution >= 4 is 5.82 Å². The predicted octanol–water partition coefficient (Wildman–Crippen LogP) is 1.54. The summed E-state index contributed by atoms with van der Waals surface area (Å²) in [5.41, 5.74) is 0.581. The lowest BCUT2D eigenvalue weighted by molar-refractivity contribution is 0.120. The molecule has 15 heavy (non-hydrogen) atoms. The highest BCUT2D eigenvalue weighted by atomic mass is 16.5. The molecule has 0 aromatic carbocycles. The quantitative estimate of drug-likeness (QED) is 0.809. The smallest absolute Gasteiger partial charge is 0.126 e. The molecule has 0 saturated carbocycles. The molecule has 1 atom stereocenters. The van der Waals surface area contributed by atoms with Gasteiger partial charge in [0.05, 0.1) is 11.7 Å². The van der Waals surface area contributed by atoms with Crippen LogP contribution >= 0.6 is 0 Å². The van der Waals surface area contributed by atoms with Crippen molar-refractivity contribution in [1.82, 2.24) is 4.98 Å². The van der Waals surface area contributed by atoms with Gasteiger partial charge in [-0.1, -0.05) is 0 Å². The van der Waals surface area contributed by atoms with Crippen LogP contribution in [0.1, 0.15) is 18.4 Å². The molecule has 78 valence electrons. The minimum absolute atomic E-state index is 0.308. The number of aromatic nitrogens is 1. The number of pyridine rings is 1. The standard InChI is InChI=1S/C11H13N3O/c12-6-9-3-4-11(13-7-9)14-8-10-2-1-5-15-10/h3-4,7,10H,1-2,5,8H2,(H,13,14)/t10-/m0/s1. The van der Waals surface area contributed by atoms with Gasteiger partial charge >= 0.3 is 0 Å². The van der Waals surface area contributed by atoms with Crippen LogP contribution in [-0.4, -0.2) is 24.2 Å². The summed E-state index contributed by atoms with van der Waals surface area (Å²) in [6.07, 6.45) is 4.14. The molecule has 1 aromatic rings. The van der Waals surface area contributed by atoms with Crippen LogP contribution in [0.15, 0.2) is 18.3 Å². The van der Waals surface area contributed by atoms with E-state index in [1.165, 1.54) is 0 Å². The molecule has 0 unspecified atom stereocenters. The molecule has 4 nitrogen and oxygen atoms in total. The highest BCUT2D eigenvalue weighted by molar-refractivity contribution is 5.38. The van der Waals surface area contributed by atoms with Gasteiger partial charge in [0.1, 0.15) is 11.9 Å². The van der Waals surface area contributed by atoms with Crippen LogP contribution in [-0.2, 0) is 4.74 Å². The summed E-state index contributed by atoms with van der Waals surface area (Å²) in [4.78, 5) is 4.12. The van der Waals surface area contributed by atoms with Crippen molar-refractivity contribution in [3.63, 3.8) is 0 Å². The van der Waals surface area contributed by atoms with Gasteiger partial charge in [0, 0.05) is 19.3 Å². The maximum Gasteiger partial charge on any atom is 0.126 e. The monoisotopic (exact) mass is 203 g/mol. The first kappa shape index (κ1) is 9.94. The fraction of sp³-hybridized carbons (Fsp3) is 0.455. The zero-order valence-electron chi connectivity index (χ0n) is 8.44. The van der Waals surface area contributed by atoms with Crippen molar-refractivity contribution in [2.24, 2.45) is 0 Å². The van der Waals surface area contributed by atoms with Crippen molar-refractivity contribution in [3.8, 4) is 6.07 Å². The van der Waals surface area contributed by atoms with Gasteiger partial charge in [-0.25, -0.2) is 4.98 Å². The normalized spacial score (nSPS) is 19.8. The minimum atomic E-state index is 0.308. The molecule has 1 aliphatic heterocycles. The number of anilines is 1. The maximum absolute atomic E-state index is 8.60. The molecule has 1 saturated heterocycles. The van der Waals surface area contributed by atoms with E-state index < -0.39 is 0 Å². The number of hydrogen-bond donors (Lipinski definition) is 1. The van der Waals surface area contributed by atoms with E-state index in [1.807, 2.05) is 12.1 Å². The van der Waals surface area contributed by atoms with Gasteiger partial charge in [0.2, 0.25) is 0 Å². The van der Waals surface area contributed by atoms with Gasteiger partial charge in [-0.3, -0.25) is 0 Å². The van der Waals surface area contributed by atoms with Crippen molar-refractivity contribution < 1.29 is 4.74 Å². The number of nitrogens with zero attached hydrogens (tertiary/aromatic N) is 2. The van der Waals surface area contributed by atoms with Crippen LogP contribution in [0.4, 0.5) is 5.82 Å². The first-order valence-corrected chi connectivity index (χ1v) is 5.10. The third-order valence-corrected chi connectivity index (χ3v) is 2.43. The molecule has 1 aromatic heterocycles. The van der Waals surface area contributed by atoms with E-state index in [2.05, 4.69) is 10.3 Å². The zero-order valence-corrected chi connectivity index (χ0v) is 8.44. The second-order valence-electron chi connectivity index (χ2n) is 3.56. The van der Waals surface area contributed by atoms with Crippen LogP contribution in [0, 0.1) is 11.3 Å². The first-order chi connectivity index (χ1) is 7.38. The molecule has 0 bridgehead atoms. The second-order valence-corrected chi connectivity index (χ2v) is 3.56. The Morgan fingerprint density at radius 2 is 2.53 bits per heavy atom. The number of ether oxygens (including phenoxy) is 1. The fourth-order valence-electron chi connectivity index (χ4n) is 1.59. The predicted molar refractivity (Wildman–Crippen MR) is 56.4 cm³/mol. The van der Waals surface area contributed by atoms with Gasteiger partial charge in [-0.15, -0.1) is 0 Å². The minimum Gasteiger partial charge on any atom is -0.376 e. The summed E-state index contributed by atoms with van der Waals surface area (Å²) in [6.45, 7) is 1.66. The maximum atomic E-state index is 8.60. The molecule has 0 aliphatic carbocycles. The SMILES string of the molecule is N#Cc1ccc(NC[C@@H]2CCCO2)nc1. The number of rotatable bonds is 3. The number of nitrogens with one attached hydrogen (secondary N) is 1. The average molecular weight is 203 g/mol. The van der Waals surface area contributed by atoms with Crippen LogP contribution in [0.2, 0.25) is 0 Å². The van der Waals surface area contributed by atoms with Crippen LogP contribution in [0.25, 0.3) is 0 Å². The Kier molecular flexibility index (Phi) is 3.15. The molecule has 2 rings (SSSR count). The number of nitriles is 1. The molecule has 1 fully saturated rings. The van der Waals surface area contributed by atoms with E-state index in [0.717, 1.165) is 31.8 Å². The summed E-state index contributed by atoms with van der Waals surface area (Å²) in [5, 5.41) is 11.8. The van der Waals surface area contributed by atoms with Gasteiger partial charge in [0.25, 0.3) is 0 Å². The summed E-state index contributed by atoms with van der Waals surface area (Å²) in [7, 11) is 0. The lowest BCUT2D eigenvalue weighted by Crippen LogP contribution is -2.18. The Labute approximate surface area is 88.9 Å². The average Bonchev–Trinajstić information content (AvgIpc) is 2.80. The molecule has 1 aliphatic rings. The largest absolute Gasteiger partial charge is 0.376 e. The lowest BCUT2D eigenvalue weighted by Gasteiger charge is -2.10. The Hall–Kier alpha value is -1.60. The summed E-state index contributed by atoms with van der Waals surface area (Å²) in [5.74, 6) is 0.796. The summed E-state index contributed by atoms with van der Waals surface area (Å²) >= 11 is 0. The van der Waals surface area contributed by atoms with Crippen LogP contribution in [0.5, 0.6) is 0 Å². The molecule has 4 heteroatoms.